The first-order chi connectivity index (χ1) is 30.0. The normalized spacial score (nSPS) is 23.2. The maximum atomic E-state index is 15.6. The quantitative estimate of drug-likeness (QED) is 0.144. The van der Waals surface area contributed by atoms with Gasteiger partial charge in [0.1, 0.15) is 17.0 Å². The fraction of sp³-hybridized carbons (Fsp3) is 0.417. The number of aliphatic hydroxyl groups excluding tert-OH is 1. The number of methoxy groups -OCH3 is 2. The topological polar surface area (TPSA) is 135 Å². The highest BCUT2D eigenvalue weighted by Gasteiger charge is 2.66. The highest BCUT2D eigenvalue weighted by atomic mass is 28.3. The van der Waals surface area contributed by atoms with Gasteiger partial charge in [-0.1, -0.05) is 72.9 Å². The van der Waals surface area contributed by atoms with Crippen molar-refractivity contribution in [2.45, 2.75) is 81.6 Å². The first kappa shape index (κ1) is 41.8. The average Bonchev–Trinajstić information content (AvgIpc) is 4.02. The SMILES string of the molecule is COc1ccc([Si](C)(C)[C@H]2[C@H](CCn3cc(CCO)nn3)O[C@@]3(C(=O)N(Cc4cccc(N5CN(c6ccccc6)C6(CCNCC6)C5=O)c4)c4ccc(OC)cc43)[C@@H]2C)cc1. The number of aromatic nitrogens is 3. The van der Waals surface area contributed by atoms with E-state index in [1.165, 1.54) is 5.19 Å². The Kier molecular flexibility index (Phi) is 11.2. The third-order valence-electron chi connectivity index (χ3n) is 14.1. The van der Waals surface area contributed by atoms with Crippen LogP contribution < -0.4 is 34.7 Å². The summed E-state index contributed by atoms with van der Waals surface area (Å²) in [5.74, 6) is 1.26. The standard InChI is InChI=1S/C48H57N7O6Si/c1-33-44(62(4,5)40-17-14-38(59-2)15-18-40)43(20-26-52-31-35(21-27-56)50-51-52)61-48(33)41-29-39(60-3)16-19-42(41)53(46(48)58)30-34-10-9-13-37(28-34)54-32-55(36-11-7-6-8-12-36)47(45(54)57)22-24-49-25-23-47/h6-19,28-29,31,33,43-44,49,56H,20-27,30,32H2,1-5H3/t33-,43+,44-,48+/m1/s1. The number of hydrogen-bond donors (Lipinski definition) is 2. The van der Waals surface area contributed by atoms with Crippen LogP contribution in [0, 0.1) is 5.92 Å². The molecule has 2 N–H and O–H groups in total. The molecule has 3 saturated heterocycles. The zero-order valence-corrected chi connectivity index (χ0v) is 37.3. The number of para-hydroxylation sites is 1. The molecule has 4 aliphatic rings. The van der Waals surface area contributed by atoms with Crippen LogP contribution in [-0.2, 0) is 39.4 Å². The molecule has 13 nitrogen and oxygen atoms in total. The van der Waals surface area contributed by atoms with Crippen LogP contribution in [-0.4, -0.2) is 92.2 Å². The summed E-state index contributed by atoms with van der Waals surface area (Å²) in [6.07, 6.45) is 4.09. The Morgan fingerprint density at radius 1 is 0.887 bits per heavy atom. The van der Waals surface area contributed by atoms with Gasteiger partial charge in [0.25, 0.3) is 11.8 Å². The van der Waals surface area contributed by atoms with Crippen LogP contribution >= 0.6 is 0 Å². The smallest absolute Gasteiger partial charge is 0.264 e. The van der Waals surface area contributed by atoms with Crippen molar-refractivity contribution in [2.24, 2.45) is 5.92 Å². The molecule has 1 aromatic heterocycles. The van der Waals surface area contributed by atoms with Crippen LogP contribution in [0.25, 0.3) is 0 Å². The molecule has 324 valence electrons. The Balaban J connectivity index is 1.06. The van der Waals surface area contributed by atoms with Crippen LogP contribution in [0.5, 0.6) is 11.5 Å². The van der Waals surface area contributed by atoms with Crippen molar-refractivity contribution < 1.29 is 28.9 Å². The monoisotopic (exact) mass is 855 g/mol. The van der Waals surface area contributed by atoms with E-state index < -0.39 is 19.2 Å². The number of carbonyl (C=O) groups is 2. The molecule has 9 rings (SSSR count). The predicted octanol–water partition coefficient (Wildman–Crippen LogP) is 5.62. The molecular weight excluding hydrogens is 799 g/mol. The van der Waals surface area contributed by atoms with Gasteiger partial charge in [0.15, 0.2) is 5.60 Å². The largest absolute Gasteiger partial charge is 0.497 e. The number of fused-ring (bicyclic) bond motifs is 2. The third-order valence-corrected chi connectivity index (χ3v) is 18.5. The lowest BCUT2D eigenvalue weighted by molar-refractivity contribution is -0.146. The number of rotatable bonds is 13. The van der Waals surface area contributed by atoms with Crippen molar-refractivity contribution in [3.05, 3.63) is 120 Å². The van der Waals surface area contributed by atoms with Crippen molar-refractivity contribution in [2.75, 3.05) is 55.3 Å². The van der Waals surface area contributed by atoms with Gasteiger partial charge in [-0.2, -0.15) is 0 Å². The minimum atomic E-state index is -2.40. The fourth-order valence-electron chi connectivity index (χ4n) is 11.0. The molecular formula is C48H57N7O6Si. The number of anilines is 3. The Hall–Kier alpha value is -5.54. The maximum absolute atomic E-state index is 15.6. The van der Waals surface area contributed by atoms with Gasteiger partial charge < -0.3 is 34.4 Å². The number of nitrogens with zero attached hydrogens (tertiary/aromatic N) is 6. The van der Waals surface area contributed by atoms with Gasteiger partial charge in [-0.15, -0.1) is 5.10 Å². The lowest BCUT2D eigenvalue weighted by Gasteiger charge is -2.39. The Labute approximate surface area is 364 Å². The molecule has 0 unspecified atom stereocenters. The van der Waals surface area contributed by atoms with E-state index in [1.54, 1.807) is 14.2 Å². The highest BCUT2D eigenvalue weighted by molar-refractivity contribution is 6.91. The summed E-state index contributed by atoms with van der Waals surface area (Å²) in [7, 11) is 0.924. The first-order valence-electron chi connectivity index (χ1n) is 21.8. The summed E-state index contributed by atoms with van der Waals surface area (Å²) in [6.45, 7) is 9.78. The second kappa shape index (κ2) is 16.6. The zero-order chi connectivity index (χ0) is 43.2. The van der Waals surface area contributed by atoms with Crippen LogP contribution in [0.3, 0.4) is 0 Å². The molecule has 14 heteroatoms. The van der Waals surface area contributed by atoms with Crippen LogP contribution in [0.4, 0.5) is 17.1 Å². The molecule has 4 atom stereocenters. The van der Waals surface area contributed by atoms with Crippen molar-refractivity contribution >= 4 is 42.1 Å². The summed E-state index contributed by atoms with van der Waals surface area (Å²) in [4.78, 5) is 36.3. The van der Waals surface area contributed by atoms with E-state index in [4.69, 9.17) is 14.2 Å². The Morgan fingerprint density at radius 2 is 1.61 bits per heavy atom. The zero-order valence-electron chi connectivity index (χ0n) is 36.3. The second-order valence-electron chi connectivity index (χ2n) is 17.8. The summed E-state index contributed by atoms with van der Waals surface area (Å²) < 4.78 is 20.6. The number of ether oxygens (including phenoxy) is 3. The Bertz CT molecular complexity index is 2420. The van der Waals surface area contributed by atoms with Gasteiger partial charge in [-0.3, -0.25) is 19.2 Å². The molecule has 62 heavy (non-hydrogen) atoms. The molecule has 5 heterocycles. The fourth-order valence-corrected chi connectivity index (χ4v) is 15.0. The lowest BCUT2D eigenvalue weighted by Crippen LogP contribution is -2.55. The number of aliphatic hydroxyl groups is 1. The Morgan fingerprint density at radius 3 is 2.34 bits per heavy atom. The van der Waals surface area contributed by atoms with Gasteiger partial charge in [-0.25, -0.2) is 0 Å². The van der Waals surface area contributed by atoms with Gasteiger partial charge in [0.05, 0.1) is 53.0 Å². The van der Waals surface area contributed by atoms with Crippen LogP contribution in [0.2, 0.25) is 18.6 Å². The van der Waals surface area contributed by atoms with E-state index in [0.717, 1.165) is 65.6 Å². The molecule has 3 fully saturated rings. The second-order valence-corrected chi connectivity index (χ2v) is 22.4. The molecule has 4 aliphatic heterocycles. The van der Waals surface area contributed by atoms with Gasteiger partial charge >= 0.3 is 0 Å². The van der Waals surface area contributed by atoms with E-state index in [1.807, 2.05) is 87.4 Å². The van der Waals surface area contributed by atoms with Gasteiger partial charge in [-0.05, 0) is 98.1 Å². The molecule has 0 saturated carbocycles. The number of hydrogen-bond acceptors (Lipinski definition) is 10. The molecule has 4 aromatic carbocycles. The number of benzene rings is 4. The van der Waals surface area contributed by atoms with E-state index in [-0.39, 0.29) is 36.0 Å². The summed E-state index contributed by atoms with van der Waals surface area (Å²) in [5.41, 5.74) is 3.22. The van der Waals surface area contributed by atoms with E-state index in [0.29, 0.717) is 38.3 Å². The van der Waals surface area contributed by atoms with Crippen LogP contribution in [0.15, 0.2) is 103 Å². The number of carbonyl (C=O) groups excluding carboxylic acids is 2. The van der Waals surface area contributed by atoms with E-state index in [2.05, 4.69) is 70.9 Å². The number of aryl methyl sites for hydroxylation is 1. The minimum Gasteiger partial charge on any atom is -0.497 e. The molecule has 0 aliphatic carbocycles. The summed E-state index contributed by atoms with van der Waals surface area (Å²) in [5, 5.41) is 22.8. The van der Waals surface area contributed by atoms with Crippen molar-refractivity contribution in [1.82, 2.24) is 20.3 Å². The van der Waals surface area contributed by atoms with Crippen molar-refractivity contribution in [1.29, 1.82) is 0 Å². The van der Waals surface area contributed by atoms with E-state index in [9.17, 15) is 9.90 Å². The molecule has 0 bridgehead atoms. The summed E-state index contributed by atoms with van der Waals surface area (Å²) >= 11 is 0. The number of amides is 2. The number of piperidine rings is 1. The molecule has 2 spiro atoms. The lowest BCUT2D eigenvalue weighted by atomic mass is 9.82. The van der Waals surface area contributed by atoms with Crippen molar-refractivity contribution in [3.8, 4) is 11.5 Å². The first-order valence-corrected chi connectivity index (χ1v) is 24.9. The minimum absolute atomic E-state index is 0.00181. The molecule has 2 amide bonds. The summed E-state index contributed by atoms with van der Waals surface area (Å²) in [6, 6.07) is 32.6. The molecule has 0 radical (unpaired) electrons. The van der Waals surface area contributed by atoms with Crippen LogP contribution in [0.1, 0.15) is 43.0 Å². The molecule has 5 aromatic rings. The van der Waals surface area contributed by atoms with Crippen molar-refractivity contribution in [3.63, 3.8) is 0 Å². The van der Waals surface area contributed by atoms with E-state index >= 15 is 4.79 Å². The highest BCUT2D eigenvalue weighted by Crippen LogP contribution is 2.60. The maximum Gasteiger partial charge on any atom is 0.264 e. The van der Waals surface area contributed by atoms with Gasteiger partial charge in [0, 0.05) is 48.6 Å². The number of nitrogens with one attached hydrogen (secondary N) is 1. The third kappa shape index (κ3) is 6.97. The van der Waals surface area contributed by atoms with Gasteiger partial charge in [0.2, 0.25) is 0 Å². The predicted molar refractivity (Wildman–Crippen MR) is 242 cm³/mol. The average molecular weight is 856 g/mol.